The van der Waals surface area contributed by atoms with Gasteiger partial charge in [-0.3, -0.25) is 4.79 Å². The Morgan fingerprint density at radius 2 is 1.96 bits per heavy atom. The summed E-state index contributed by atoms with van der Waals surface area (Å²) >= 11 is 1.57. The zero-order chi connectivity index (χ0) is 18.1. The van der Waals surface area contributed by atoms with Crippen LogP contribution in [0.25, 0.3) is 21.5 Å². The number of carbonyl (C=O) groups is 1. The summed E-state index contributed by atoms with van der Waals surface area (Å²) in [5.41, 5.74) is 5.03. The molecule has 1 amide bonds. The van der Waals surface area contributed by atoms with Gasteiger partial charge >= 0.3 is 0 Å². The maximum Gasteiger partial charge on any atom is 0.230 e. The number of hydrogen-bond donors (Lipinski definition) is 1. The highest BCUT2D eigenvalue weighted by molar-refractivity contribution is 7.13. The molecule has 4 rings (SSSR count). The Labute approximate surface area is 156 Å². The lowest BCUT2D eigenvalue weighted by molar-refractivity contribution is -0.115. The quantitative estimate of drug-likeness (QED) is 0.568. The summed E-state index contributed by atoms with van der Waals surface area (Å²) in [5, 5.41) is 6.96. The second-order valence-electron chi connectivity index (χ2n) is 6.40. The van der Waals surface area contributed by atoms with Crippen molar-refractivity contribution in [1.29, 1.82) is 0 Å². The van der Waals surface area contributed by atoms with Gasteiger partial charge in [-0.15, -0.1) is 11.3 Å². The van der Waals surface area contributed by atoms with Gasteiger partial charge in [-0.25, -0.2) is 4.98 Å². The lowest BCUT2D eigenvalue weighted by Gasteiger charge is -2.06. The maximum absolute atomic E-state index is 12.5. The minimum atomic E-state index is -0.0536. The largest absolute Gasteiger partial charge is 0.350 e. The Morgan fingerprint density at radius 1 is 1.15 bits per heavy atom. The van der Waals surface area contributed by atoms with Gasteiger partial charge in [0.25, 0.3) is 0 Å². The molecule has 130 valence electrons. The molecule has 1 N–H and O–H groups in total. The van der Waals surface area contributed by atoms with E-state index in [2.05, 4.69) is 41.5 Å². The molecule has 0 atom stereocenters. The predicted octanol–water partition coefficient (Wildman–Crippen LogP) is 4.79. The first kappa shape index (κ1) is 16.5. The summed E-state index contributed by atoms with van der Waals surface area (Å²) in [7, 11) is 2.00. The normalized spacial score (nSPS) is 11.0. The number of nitrogens with one attached hydrogen (secondary N) is 1. The molecule has 0 aliphatic rings. The van der Waals surface area contributed by atoms with Gasteiger partial charge in [-0.2, -0.15) is 0 Å². The molecule has 0 radical (unpaired) electrons. The van der Waals surface area contributed by atoms with Crippen LogP contribution in [0.1, 0.15) is 11.3 Å². The average molecular weight is 361 g/mol. The van der Waals surface area contributed by atoms with Crippen molar-refractivity contribution in [3.63, 3.8) is 0 Å². The van der Waals surface area contributed by atoms with Crippen LogP contribution in [-0.4, -0.2) is 15.5 Å². The standard InChI is InChI=1S/C21H19N3OS/c1-14-6-8-15(9-7-14)21-22-16(13-26-21)12-20(25)23-18-4-3-5-19-17(18)10-11-24(19)2/h3-11,13H,12H2,1-2H3,(H,23,25). The van der Waals surface area contributed by atoms with Gasteiger partial charge in [0.2, 0.25) is 5.91 Å². The summed E-state index contributed by atoms with van der Waals surface area (Å²) in [5.74, 6) is -0.0536. The van der Waals surface area contributed by atoms with Crippen LogP contribution in [0.2, 0.25) is 0 Å². The molecule has 0 fully saturated rings. The summed E-state index contributed by atoms with van der Waals surface area (Å²) in [4.78, 5) is 17.1. The van der Waals surface area contributed by atoms with E-state index in [0.29, 0.717) is 0 Å². The van der Waals surface area contributed by atoms with E-state index in [0.717, 1.165) is 32.9 Å². The van der Waals surface area contributed by atoms with Gasteiger partial charge in [-0.05, 0) is 25.1 Å². The SMILES string of the molecule is Cc1ccc(-c2nc(CC(=O)Nc3cccc4c3ccn4C)cs2)cc1. The maximum atomic E-state index is 12.5. The fraction of sp³-hybridized carbons (Fsp3) is 0.143. The Balaban J connectivity index is 1.49. The first-order chi connectivity index (χ1) is 12.6. The van der Waals surface area contributed by atoms with Gasteiger partial charge in [-0.1, -0.05) is 35.9 Å². The number of aryl methyl sites for hydroxylation is 2. The molecule has 0 spiro atoms. The van der Waals surface area contributed by atoms with Crippen LogP contribution < -0.4 is 5.32 Å². The highest BCUT2D eigenvalue weighted by Gasteiger charge is 2.11. The first-order valence-electron chi connectivity index (χ1n) is 8.45. The van der Waals surface area contributed by atoms with E-state index < -0.39 is 0 Å². The third-order valence-corrected chi connectivity index (χ3v) is 5.33. The summed E-state index contributed by atoms with van der Waals surface area (Å²) in [6.07, 6.45) is 2.26. The topological polar surface area (TPSA) is 46.9 Å². The number of benzene rings is 2. The van der Waals surface area contributed by atoms with Crippen LogP contribution in [0, 0.1) is 6.92 Å². The number of hydrogen-bond acceptors (Lipinski definition) is 3. The van der Waals surface area contributed by atoms with Crippen LogP contribution >= 0.6 is 11.3 Å². The Bertz CT molecular complexity index is 1080. The van der Waals surface area contributed by atoms with Crippen molar-refractivity contribution in [3.8, 4) is 10.6 Å². The van der Waals surface area contributed by atoms with Crippen LogP contribution in [-0.2, 0) is 18.3 Å². The monoisotopic (exact) mass is 361 g/mol. The average Bonchev–Trinajstić information content (AvgIpc) is 3.24. The fourth-order valence-electron chi connectivity index (χ4n) is 2.99. The highest BCUT2D eigenvalue weighted by atomic mass is 32.1. The Hall–Kier alpha value is -2.92. The second kappa shape index (κ2) is 6.77. The molecule has 0 bridgehead atoms. The van der Waals surface area contributed by atoms with Gasteiger partial charge in [0, 0.05) is 35.1 Å². The molecule has 0 saturated carbocycles. The molecule has 0 saturated heterocycles. The van der Waals surface area contributed by atoms with Gasteiger partial charge in [0.1, 0.15) is 5.01 Å². The molecule has 26 heavy (non-hydrogen) atoms. The molecule has 0 unspecified atom stereocenters. The van der Waals surface area contributed by atoms with Crippen molar-refractivity contribution < 1.29 is 4.79 Å². The molecule has 2 heterocycles. The predicted molar refractivity (Wildman–Crippen MR) is 108 cm³/mol. The zero-order valence-electron chi connectivity index (χ0n) is 14.7. The molecule has 0 aliphatic heterocycles. The number of fused-ring (bicyclic) bond motifs is 1. The summed E-state index contributed by atoms with van der Waals surface area (Å²) in [6.45, 7) is 2.06. The van der Waals surface area contributed by atoms with Crippen molar-refractivity contribution >= 4 is 33.8 Å². The van der Waals surface area contributed by atoms with Crippen molar-refractivity contribution in [3.05, 3.63) is 71.4 Å². The van der Waals surface area contributed by atoms with Crippen LogP contribution in [0.5, 0.6) is 0 Å². The Kier molecular flexibility index (Phi) is 4.31. The minimum Gasteiger partial charge on any atom is -0.350 e. The number of carbonyl (C=O) groups excluding carboxylic acids is 1. The fourth-order valence-corrected chi connectivity index (χ4v) is 3.81. The lowest BCUT2D eigenvalue weighted by Crippen LogP contribution is -2.14. The zero-order valence-corrected chi connectivity index (χ0v) is 15.5. The van der Waals surface area contributed by atoms with Gasteiger partial charge in [0.15, 0.2) is 0 Å². The summed E-state index contributed by atoms with van der Waals surface area (Å²) in [6, 6.07) is 16.2. The van der Waals surface area contributed by atoms with Crippen molar-refractivity contribution in [2.24, 2.45) is 7.05 Å². The second-order valence-corrected chi connectivity index (χ2v) is 7.26. The van der Waals surface area contributed by atoms with E-state index in [9.17, 15) is 4.79 Å². The molecule has 2 aromatic heterocycles. The molecule has 0 aliphatic carbocycles. The number of amides is 1. The van der Waals surface area contributed by atoms with Gasteiger partial charge < -0.3 is 9.88 Å². The highest BCUT2D eigenvalue weighted by Crippen LogP contribution is 2.26. The van der Waals surface area contributed by atoms with E-state index in [-0.39, 0.29) is 12.3 Å². The lowest BCUT2D eigenvalue weighted by atomic mass is 10.2. The number of thiazole rings is 1. The van der Waals surface area contributed by atoms with Crippen LogP contribution in [0.4, 0.5) is 5.69 Å². The first-order valence-corrected chi connectivity index (χ1v) is 9.33. The summed E-state index contributed by atoms with van der Waals surface area (Å²) < 4.78 is 2.04. The van der Waals surface area contributed by atoms with Gasteiger partial charge in [0.05, 0.1) is 17.8 Å². The van der Waals surface area contributed by atoms with Crippen molar-refractivity contribution in [1.82, 2.24) is 9.55 Å². The van der Waals surface area contributed by atoms with Crippen molar-refractivity contribution in [2.45, 2.75) is 13.3 Å². The Morgan fingerprint density at radius 3 is 2.77 bits per heavy atom. The van der Waals surface area contributed by atoms with Crippen LogP contribution in [0.3, 0.4) is 0 Å². The molecule has 4 nitrogen and oxygen atoms in total. The smallest absolute Gasteiger partial charge is 0.230 e. The third kappa shape index (κ3) is 3.26. The van der Waals surface area contributed by atoms with E-state index in [1.54, 1.807) is 11.3 Å². The van der Waals surface area contributed by atoms with E-state index in [1.807, 2.05) is 47.5 Å². The molecule has 4 aromatic rings. The number of rotatable bonds is 4. The van der Waals surface area contributed by atoms with E-state index in [4.69, 9.17) is 0 Å². The molecular weight excluding hydrogens is 342 g/mol. The van der Waals surface area contributed by atoms with Crippen molar-refractivity contribution in [2.75, 3.05) is 5.32 Å². The minimum absolute atomic E-state index is 0.0536. The van der Waals surface area contributed by atoms with E-state index >= 15 is 0 Å². The molecule has 2 aromatic carbocycles. The molecular formula is C21H19N3OS. The van der Waals surface area contributed by atoms with E-state index in [1.165, 1.54) is 5.56 Å². The van der Waals surface area contributed by atoms with Crippen LogP contribution in [0.15, 0.2) is 60.1 Å². The number of aromatic nitrogens is 2. The number of nitrogens with zero attached hydrogens (tertiary/aromatic N) is 2. The third-order valence-electron chi connectivity index (χ3n) is 4.39. The number of anilines is 1. The molecule has 5 heteroatoms.